The van der Waals surface area contributed by atoms with Gasteiger partial charge in [-0.2, -0.15) is 4.57 Å². The second-order valence-corrected chi connectivity index (χ2v) is 5.17. The Bertz CT molecular complexity index is 624. The second kappa shape index (κ2) is 7.45. The Labute approximate surface area is 136 Å². The molecule has 5 heteroatoms. The van der Waals surface area contributed by atoms with E-state index in [1.54, 1.807) is 41.2 Å². The summed E-state index contributed by atoms with van der Waals surface area (Å²) in [5, 5.41) is 0. The molecule has 0 saturated heterocycles. The number of carbonyl (C=O) groups excluding carboxylic acids is 2. The molecule has 0 aliphatic rings. The Hall–Kier alpha value is -1.33. The first-order chi connectivity index (χ1) is 9.06. The first-order valence-electron chi connectivity index (χ1n) is 5.85. The van der Waals surface area contributed by atoms with E-state index >= 15 is 0 Å². The van der Waals surface area contributed by atoms with Crippen molar-refractivity contribution < 1.29 is 31.1 Å². The first kappa shape index (κ1) is 16.7. The number of hydrogen-bond acceptors (Lipinski definition) is 2. The number of aromatic nitrogens is 1. The largest absolute Gasteiger partial charge is 1.00 e. The van der Waals surface area contributed by atoms with Gasteiger partial charge >= 0.3 is 0 Å². The highest BCUT2D eigenvalue weighted by Crippen LogP contribution is 2.11. The third-order valence-electron chi connectivity index (χ3n) is 2.76. The highest BCUT2D eigenvalue weighted by Gasteiger charge is 2.13. The van der Waals surface area contributed by atoms with Crippen LogP contribution in [0, 0.1) is 0 Å². The molecule has 1 heterocycles. The van der Waals surface area contributed by atoms with Crippen LogP contribution < -0.4 is 21.5 Å². The van der Waals surface area contributed by atoms with Gasteiger partial charge in [0.05, 0.1) is 5.56 Å². The summed E-state index contributed by atoms with van der Waals surface area (Å²) >= 11 is 3.33. The van der Waals surface area contributed by atoms with Gasteiger partial charge in [-0.1, -0.05) is 28.1 Å². The fourth-order valence-electron chi connectivity index (χ4n) is 1.72. The lowest BCUT2D eigenvalue weighted by atomic mass is 10.1. The predicted molar refractivity (Wildman–Crippen MR) is 75.1 cm³/mol. The topological polar surface area (TPSA) is 38.0 Å². The lowest BCUT2D eigenvalue weighted by molar-refractivity contribution is -0.683. The van der Waals surface area contributed by atoms with E-state index in [9.17, 15) is 9.59 Å². The molecule has 0 spiro atoms. The average molecular weight is 399 g/mol. The lowest BCUT2D eigenvalue weighted by Gasteiger charge is -2.00. The third kappa shape index (κ3) is 4.35. The number of ketones is 2. The first-order valence-corrected chi connectivity index (χ1v) is 6.64. The van der Waals surface area contributed by atoms with Gasteiger partial charge in [0.15, 0.2) is 18.2 Å². The summed E-state index contributed by atoms with van der Waals surface area (Å²) in [5.74, 6) is 0.00337. The van der Waals surface area contributed by atoms with Gasteiger partial charge in [0.1, 0.15) is 0 Å². The van der Waals surface area contributed by atoms with E-state index in [0.29, 0.717) is 11.1 Å². The zero-order valence-corrected chi connectivity index (χ0v) is 14.0. The molecule has 0 amide bonds. The maximum atomic E-state index is 12.1. The van der Waals surface area contributed by atoms with Crippen molar-refractivity contribution in [2.24, 2.45) is 0 Å². The van der Waals surface area contributed by atoms with Crippen molar-refractivity contribution in [2.75, 3.05) is 0 Å². The minimum absolute atomic E-state index is 0. The molecule has 2 rings (SSSR count). The maximum Gasteiger partial charge on any atom is 0.227 e. The van der Waals surface area contributed by atoms with Gasteiger partial charge in [0, 0.05) is 16.1 Å². The molecule has 1 aromatic heterocycles. The van der Waals surface area contributed by atoms with Crippen LogP contribution in [0.3, 0.4) is 0 Å². The number of Topliss-reactive ketones (excluding diaryl/α,β-unsaturated/α-hetero) is 2. The van der Waals surface area contributed by atoms with E-state index < -0.39 is 0 Å². The monoisotopic (exact) mass is 397 g/mol. The van der Waals surface area contributed by atoms with Gasteiger partial charge in [-0.05, 0) is 25.1 Å². The summed E-state index contributed by atoms with van der Waals surface area (Å²) in [4.78, 5) is 23.4. The van der Waals surface area contributed by atoms with Crippen molar-refractivity contribution in [1.29, 1.82) is 0 Å². The molecule has 104 valence electrons. The number of pyridine rings is 1. The molecule has 2 aromatic rings. The standard InChI is InChI=1S/C15H13BrNO2.BrH/c1-11(18)13-3-2-8-17(9-13)10-15(19)12-4-6-14(16)7-5-12;/h2-9H,10H2,1H3;1H/q+1;/p-1. The minimum atomic E-state index is -0.00885. The van der Waals surface area contributed by atoms with Crippen LogP contribution in [0.1, 0.15) is 27.6 Å². The van der Waals surface area contributed by atoms with Gasteiger partial charge in [-0.3, -0.25) is 9.59 Å². The lowest BCUT2D eigenvalue weighted by Crippen LogP contribution is -3.00. The van der Waals surface area contributed by atoms with Crippen molar-refractivity contribution in [3.8, 4) is 0 Å². The fourth-order valence-corrected chi connectivity index (χ4v) is 1.99. The molecule has 0 aliphatic carbocycles. The van der Waals surface area contributed by atoms with E-state index in [2.05, 4.69) is 15.9 Å². The number of benzene rings is 1. The van der Waals surface area contributed by atoms with Gasteiger partial charge < -0.3 is 17.0 Å². The predicted octanol–water partition coefficient (Wildman–Crippen LogP) is -0.174. The summed E-state index contributed by atoms with van der Waals surface area (Å²) in [7, 11) is 0. The quantitative estimate of drug-likeness (QED) is 0.529. The van der Waals surface area contributed by atoms with E-state index in [1.165, 1.54) is 6.92 Å². The molecule has 0 saturated carbocycles. The number of carbonyl (C=O) groups is 2. The molecule has 0 unspecified atom stereocenters. The van der Waals surface area contributed by atoms with E-state index in [0.717, 1.165) is 4.47 Å². The van der Waals surface area contributed by atoms with Crippen LogP contribution in [0.25, 0.3) is 0 Å². The van der Waals surface area contributed by atoms with Crippen LogP contribution in [-0.4, -0.2) is 11.6 Å². The van der Waals surface area contributed by atoms with Crippen molar-refractivity contribution in [1.82, 2.24) is 0 Å². The van der Waals surface area contributed by atoms with Gasteiger partial charge in [0.25, 0.3) is 0 Å². The number of nitrogens with zero attached hydrogens (tertiary/aromatic N) is 1. The molecular formula is C15H13Br2NO2. The molecular weight excluding hydrogens is 386 g/mol. The Morgan fingerprint density at radius 2 is 1.75 bits per heavy atom. The average Bonchev–Trinajstić information content (AvgIpc) is 2.39. The highest BCUT2D eigenvalue weighted by molar-refractivity contribution is 9.10. The molecule has 0 atom stereocenters. The SMILES string of the molecule is CC(=O)c1ccc[n+](CC(=O)c2ccc(Br)cc2)c1.[Br-]. The summed E-state index contributed by atoms with van der Waals surface area (Å²) in [6.45, 7) is 1.74. The van der Waals surface area contributed by atoms with Crippen LogP contribution in [0.2, 0.25) is 0 Å². The molecule has 1 aromatic carbocycles. The smallest absolute Gasteiger partial charge is 0.227 e. The fraction of sp³-hybridized carbons (Fsp3) is 0.133. The molecule has 0 bridgehead atoms. The maximum absolute atomic E-state index is 12.1. The zero-order chi connectivity index (χ0) is 13.8. The number of halogens is 2. The van der Waals surface area contributed by atoms with Crippen LogP contribution >= 0.6 is 15.9 Å². The van der Waals surface area contributed by atoms with E-state index in [-0.39, 0.29) is 35.1 Å². The Morgan fingerprint density at radius 1 is 1.10 bits per heavy atom. The van der Waals surface area contributed by atoms with Gasteiger partial charge in [-0.25, -0.2) is 0 Å². The molecule has 0 fully saturated rings. The Kier molecular flexibility index (Phi) is 6.23. The Balaban J connectivity index is 0.00000200. The summed E-state index contributed by atoms with van der Waals surface area (Å²) in [6, 6.07) is 10.7. The van der Waals surface area contributed by atoms with E-state index in [4.69, 9.17) is 0 Å². The normalized spacial score (nSPS) is 9.70. The minimum Gasteiger partial charge on any atom is -1.00 e. The van der Waals surface area contributed by atoms with E-state index in [1.807, 2.05) is 12.1 Å². The number of hydrogen-bond donors (Lipinski definition) is 0. The van der Waals surface area contributed by atoms with Crippen molar-refractivity contribution in [2.45, 2.75) is 13.5 Å². The molecule has 0 aliphatic heterocycles. The summed E-state index contributed by atoms with van der Waals surface area (Å²) in [6.07, 6.45) is 3.47. The van der Waals surface area contributed by atoms with Gasteiger partial charge in [0.2, 0.25) is 12.3 Å². The second-order valence-electron chi connectivity index (χ2n) is 4.25. The van der Waals surface area contributed by atoms with Crippen LogP contribution in [0.5, 0.6) is 0 Å². The van der Waals surface area contributed by atoms with Gasteiger partial charge in [-0.15, -0.1) is 0 Å². The number of rotatable bonds is 4. The van der Waals surface area contributed by atoms with Crippen LogP contribution in [0.4, 0.5) is 0 Å². The van der Waals surface area contributed by atoms with Crippen molar-refractivity contribution in [3.63, 3.8) is 0 Å². The Morgan fingerprint density at radius 3 is 2.35 bits per heavy atom. The summed E-state index contributed by atoms with van der Waals surface area (Å²) in [5.41, 5.74) is 1.26. The van der Waals surface area contributed by atoms with Crippen molar-refractivity contribution in [3.05, 3.63) is 64.4 Å². The highest BCUT2D eigenvalue weighted by atomic mass is 79.9. The van der Waals surface area contributed by atoms with Crippen LogP contribution in [0.15, 0.2) is 53.3 Å². The van der Waals surface area contributed by atoms with Crippen molar-refractivity contribution >= 4 is 27.5 Å². The molecule has 20 heavy (non-hydrogen) atoms. The molecule has 0 radical (unpaired) electrons. The van der Waals surface area contributed by atoms with Crippen LogP contribution in [-0.2, 0) is 6.54 Å². The molecule has 0 N–H and O–H groups in total. The molecule has 3 nitrogen and oxygen atoms in total. The zero-order valence-electron chi connectivity index (χ0n) is 10.8. The third-order valence-corrected chi connectivity index (χ3v) is 3.29. The summed E-state index contributed by atoms with van der Waals surface area (Å²) < 4.78 is 2.66.